The molecule has 1 spiro atoms. The SMILES string of the molecule is CCCCC(N)=NCCc1ccc2[nH]c3c(c2c1)C[C@@]1(O)[C@H]2Cc4ccc(O)c5c4[C@@]1(CCN2CC1CC1)[C@H]3O5. The number of benzene rings is 2. The number of aromatic hydroxyl groups is 1. The van der Waals surface area contributed by atoms with Gasteiger partial charge in [0.15, 0.2) is 17.6 Å². The van der Waals surface area contributed by atoms with Crippen LogP contribution >= 0.6 is 0 Å². The maximum Gasteiger partial charge on any atom is 0.166 e. The van der Waals surface area contributed by atoms with Gasteiger partial charge in [-0.15, -0.1) is 0 Å². The second-order valence-corrected chi connectivity index (χ2v) is 13.1. The molecule has 2 aliphatic heterocycles. The fourth-order valence-corrected chi connectivity index (χ4v) is 8.59. The molecule has 8 rings (SSSR count). The van der Waals surface area contributed by atoms with Crippen molar-refractivity contribution in [3.8, 4) is 11.5 Å². The number of hydrogen-bond donors (Lipinski definition) is 4. The molecule has 2 fully saturated rings. The van der Waals surface area contributed by atoms with Gasteiger partial charge in [-0.25, -0.2) is 0 Å². The highest BCUT2D eigenvalue weighted by atomic mass is 16.5. The average Bonchev–Trinajstić information content (AvgIpc) is 3.59. The van der Waals surface area contributed by atoms with Crippen molar-refractivity contribution in [1.82, 2.24) is 9.88 Å². The second kappa shape index (κ2) is 8.73. The number of unbranched alkanes of at least 4 members (excludes halogenated alkanes) is 1. The zero-order valence-corrected chi connectivity index (χ0v) is 23.4. The molecule has 3 aliphatic carbocycles. The fraction of sp³-hybridized carbons (Fsp3) is 0.545. The number of amidine groups is 1. The Morgan fingerprint density at radius 3 is 2.95 bits per heavy atom. The number of H-pyrrole nitrogens is 1. The quantitative estimate of drug-likeness (QED) is 0.246. The van der Waals surface area contributed by atoms with Crippen molar-refractivity contribution in [3.63, 3.8) is 0 Å². The molecule has 1 aromatic heterocycles. The van der Waals surface area contributed by atoms with Gasteiger partial charge in [-0.05, 0) is 85.9 Å². The number of likely N-dealkylation sites (tertiary alicyclic amines) is 1. The van der Waals surface area contributed by atoms with Gasteiger partial charge in [0.1, 0.15) is 0 Å². The summed E-state index contributed by atoms with van der Waals surface area (Å²) in [7, 11) is 0. The summed E-state index contributed by atoms with van der Waals surface area (Å²) < 4.78 is 6.72. The monoisotopic (exact) mass is 540 g/mol. The number of aliphatic hydroxyl groups is 1. The molecule has 5 N–H and O–H groups in total. The number of piperidine rings is 1. The van der Waals surface area contributed by atoms with Crippen LogP contribution in [0.15, 0.2) is 35.3 Å². The van der Waals surface area contributed by atoms with E-state index in [1.165, 1.54) is 34.9 Å². The first kappa shape index (κ1) is 24.7. The first-order chi connectivity index (χ1) is 19.4. The summed E-state index contributed by atoms with van der Waals surface area (Å²) in [5.41, 5.74) is 11.4. The fourth-order valence-electron chi connectivity index (χ4n) is 8.59. The average molecular weight is 541 g/mol. The molecule has 0 radical (unpaired) electrons. The molecule has 2 bridgehead atoms. The summed E-state index contributed by atoms with van der Waals surface area (Å²) in [6.07, 6.45) is 8.37. The van der Waals surface area contributed by atoms with Crippen LogP contribution in [0.1, 0.15) is 79.5 Å². The standard InChI is InChI=1S/C33H40N4O3/c1-2-3-4-27(34)35-13-11-19-7-9-24-22(15-19)23-17-33(39)26-16-21-8-10-25(38)30-28(21)32(33,31(40-30)29(23)36-24)12-14-37(26)18-20-5-6-20/h7-10,15,20,26,31,36,38-39H,2-6,11-14,16-18H2,1H3,(H2,34,35)/t26-,31+,32+,33-/m1/s1. The van der Waals surface area contributed by atoms with E-state index in [4.69, 9.17) is 10.5 Å². The lowest BCUT2D eigenvalue weighted by Gasteiger charge is -2.62. The molecule has 5 aliphatic rings. The predicted octanol–water partition coefficient (Wildman–Crippen LogP) is 4.66. The number of nitrogens with zero attached hydrogens (tertiary/aromatic N) is 2. The Balaban J connectivity index is 1.21. The number of aromatic amines is 1. The van der Waals surface area contributed by atoms with E-state index in [2.05, 4.69) is 46.1 Å². The van der Waals surface area contributed by atoms with Crippen molar-refractivity contribution in [1.29, 1.82) is 0 Å². The number of fused-ring (bicyclic) bond motifs is 4. The van der Waals surface area contributed by atoms with E-state index in [-0.39, 0.29) is 17.9 Å². The first-order valence-corrected chi connectivity index (χ1v) is 15.3. The van der Waals surface area contributed by atoms with Gasteiger partial charge in [-0.2, -0.15) is 0 Å². The van der Waals surface area contributed by atoms with Crippen molar-refractivity contribution >= 4 is 16.7 Å². The van der Waals surface area contributed by atoms with Crippen LogP contribution < -0.4 is 10.5 Å². The first-order valence-electron chi connectivity index (χ1n) is 15.3. The molecule has 4 atom stereocenters. The highest BCUT2D eigenvalue weighted by Gasteiger charge is 2.72. The van der Waals surface area contributed by atoms with Crippen LogP contribution in [0.4, 0.5) is 0 Å². The van der Waals surface area contributed by atoms with Crippen LogP contribution in [0.3, 0.4) is 0 Å². The number of ether oxygens (including phenoxy) is 1. The summed E-state index contributed by atoms with van der Waals surface area (Å²) in [6, 6.07) is 10.5. The Morgan fingerprint density at radius 2 is 2.12 bits per heavy atom. The summed E-state index contributed by atoms with van der Waals surface area (Å²) in [6.45, 7) is 4.88. The van der Waals surface area contributed by atoms with Crippen LogP contribution in [-0.2, 0) is 24.7 Å². The van der Waals surface area contributed by atoms with Crippen LogP contribution in [-0.4, -0.2) is 57.2 Å². The lowest BCUT2D eigenvalue weighted by atomic mass is 9.49. The number of aliphatic imine (C=N–C) groups is 1. The summed E-state index contributed by atoms with van der Waals surface area (Å²) in [5, 5.41) is 25.1. The maximum absolute atomic E-state index is 13.0. The third kappa shape index (κ3) is 3.34. The summed E-state index contributed by atoms with van der Waals surface area (Å²) in [5.74, 6) is 2.27. The Labute approximate surface area is 235 Å². The highest BCUT2D eigenvalue weighted by Crippen LogP contribution is 2.69. The Hall–Kier alpha value is -3.03. The molecule has 3 heterocycles. The molecule has 2 aromatic carbocycles. The van der Waals surface area contributed by atoms with Gasteiger partial charge >= 0.3 is 0 Å². The van der Waals surface area contributed by atoms with E-state index in [1.54, 1.807) is 6.07 Å². The van der Waals surface area contributed by atoms with Crippen molar-refractivity contribution in [2.75, 3.05) is 19.6 Å². The van der Waals surface area contributed by atoms with Gasteiger partial charge < -0.3 is 25.7 Å². The smallest absolute Gasteiger partial charge is 0.166 e. The van der Waals surface area contributed by atoms with Crippen molar-refractivity contribution in [2.45, 2.75) is 87.9 Å². The normalized spacial score (nSPS) is 30.3. The molecule has 1 saturated carbocycles. The lowest BCUT2D eigenvalue weighted by Crippen LogP contribution is -2.74. The summed E-state index contributed by atoms with van der Waals surface area (Å²) >= 11 is 0. The summed E-state index contributed by atoms with van der Waals surface area (Å²) in [4.78, 5) is 10.9. The van der Waals surface area contributed by atoms with E-state index < -0.39 is 11.0 Å². The van der Waals surface area contributed by atoms with Gasteiger partial charge in [-0.1, -0.05) is 25.5 Å². The molecule has 7 heteroatoms. The minimum Gasteiger partial charge on any atom is -0.504 e. The topological polar surface area (TPSA) is 107 Å². The number of phenols is 1. The Bertz CT molecular complexity index is 1540. The van der Waals surface area contributed by atoms with Crippen molar-refractivity contribution in [3.05, 3.63) is 58.3 Å². The van der Waals surface area contributed by atoms with E-state index in [0.29, 0.717) is 18.7 Å². The van der Waals surface area contributed by atoms with Gasteiger partial charge in [0.05, 0.1) is 22.5 Å². The maximum atomic E-state index is 13.0. The minimum atomic E-state index is -0.965. The van der Waals surface area contributed by atoms with Gasteiger partial charge in [0.25, 0.3) is 0 Å². The zero-order valence-electron chi connectivity index (χ0n) is 23.4. The van der Waals surface area contributed by atoms with E-state index in [1.807, 2.05) is 0 Å². The van der Waals surface area contributed by atoms with Gasteiger partial charge in [0, 0.05) is 48.4 Å². The molecule has 3 aromatic rings. The molecule has 40 heavy (non-hydrogen) atoms. The number of hydrogen-bond acceptors (Lipinski definition) is 5. The Kier molecular flexibility index (Phi) is 5.40. The van der Waals surface area contributed by atoms with E-state index >= 15 is 0 Å². The van der Waals surface area contributed by atoms with Gasteiger partial charge in [0.2, 0.25) is 0 Å². The highest BCUT2D eigenvalue weighted by molar-refractivity contribution is 5.87. The van der Waals surface area contributed by atoms with Crippen molar-refractivity contribution in [2.24, 2.45) is 16.6 Å². The number of nitrogens with two attached hydrogens (primary N) is 1. The van der Waals surface area contributed by atoms with Crippen LogP contribution in [0.25, 0.3) is 10.9 Å². The molecule has 210 valence electrons. The lowest BCUT2D eigenvalue weighted by molar-refractivity contribution is -0.173. The predicted molar refractivity (Wildman–Crippen MR) is 156 cm³/mol. The van der Waals surface area contributed by atoms with Crippen molar-refractivity contribution < 1.29 is 14.9 Å². The van der Waals surface area contributed by atoms with Crippen LogP contribution in [0.2, 0.25) is 0 Å². The Morgan fingerprint density at radius 1 is 1.25 bits per heavy atom. The van der Waals surface area contributed by atoms with Gasteiger partial charge in [-0.3, -0.25) is 9.89 Å². The molecule has 0 amide bonds. The third-order valence-corrected chi connectivity index (χ3v) is 10.7. The second-order valence-electron chi connectivity index (χ2n) is 13.1. The molecular formula is C33H40N4O3. The van der Waals surface area contributed by atoms with E-state index in [9.17, 15) is 10.2 Å². The number of rotatable bonds is 8. The third-order valence-electron chi connectivity index (χ3n) is 10.7. The van der Waals surface area contributed by atoms with Crippen LogP contribution in [0.5, 0.6) is 11.5 Å². The largest absolute Gasteiger partial charge is 0.504 e. The molecular weight excluding hydrogens is 500 g/mol. The zero-order chi connectivity index (χ0) is 27.2. The molecule has 1 saturated heterocycles. The molecule has 7 nitrogen and oxygen atoms in total. The number of aromatic nitrogens is 1. The van der Waals surface area contributed by atoms with Crippen LogP contribution in [0, 0.1) is 5.92 Å². The minimum absolute atomic E-state index is 0.0395. The van der Waals surface area contributed by atoms with E-state index in [0.717, 1.165) is 80.1 Å². The number of phenolic OH excluding ortho intramolecular Hbond substituents is 1. The molecule has 0 unspecified atom stereocenters. The number of nitrogens with one attached hydrogen (secondary N) is 1.